The number of aromatic nitrogens is 4. The highest BCUT2D eigenvalue weighted by atomic mass is 32.2. The van der Waals surface area contributed by atoms with Crippen molar-refractivity contribution in [2.75, 3.05) is 5.75 Å². The van der Waals surface area contributed by atoms with Gasteiger partial charge in [0.05, 0.1) is 5.16 Å². The topological polar surface area (TPSA) is 136 Å². The lowest BCUT2D eigenvalue weighted by Gasteiger charge is -2.48. The van der Waals surface area contributed by atoms with E-state index >= 15 is 0 Å². The Balaban J connectivity index is 1.90. The molecule has 3 rings (SSSR count). The number of fused-ring (bicyclic) bond motifs is 1. The fourth-order valence-electron chi connectivity index (χ4n) is 2.26. The van der Waals surface area contributed by atoms with Gasteiger partial charge in [-0.15, -0.1) is 23.5 Å². The molecule has 2 aliphatic heterocycles. The van der Waals surface area contributed by atoms with Crippen LogP contribution in [-0.2, 0) is 9.59 Å². The molecule has 1 fully saturated rings. The second-order valence-electron chi connectivity index (χ2n) is 4.54. The SMILES string of the molecule is C[C@@H](Sc1nnn[n-]1)C1=C(C(=O)O)N2C(=O)[C@@H](N)[C@@H]2SC1. The van der Waals surface area contributed by atoms with Crippen LogP contribution in [0.1, 0.15) is 6.92 Å². The van der Waals surface area contributed by atoms with Gasteiger partial charge in [-0.25, -0.2) is 4.79 Å². The van der Waals surface area contributed by atoms with E-state index in [2.05, 4.69) is 20.6 Å². The lowest BCUT2D eigenvalue weighted by atomic mass is 10.0. The number of hydrogen-bond donors (Lipinski definition) is 2. The molecule has 1 aromatic heterocycles. The number of aliphatic carboxylic acids is 1. The van der Waals surface area contributed by atoms with Crippen LogP contribution in [0.25, 0.3) is 0 Å². The first-order valence-electron chi connectivity index (χ1n) is 6.02. The molecule has 1 aromatic rings. The standard InChI is InChI=1S/C10H12N6O3S2/c1-3(21-10-12-14-15-13-10)4-2-20-8-5(11)7(17)16(8)6(4)9(18)19/h3,5,8H,2,11H2,1H3,(H2,12,13,14,15,18,19)/p-1/t3-,5-,8+/m1/s1. The number of amides is 1. The number of carbonyl (C=O) groups excluding carboxylic acids is 1. The van der Waals surface area contributed by atoms with Crippen LogP contribution >= 0.6 is 23.5 Å². The van der Waals surface area contributed by atoms with Gasteiger partial charge in [-0.1, -0.05) is 0 Å². The monoisotopic (exact) mass is 327 g/mol. The highest BCUT2D eigenvalue weighted by Gasteiger charge is 2.52. The highest BCUT2D eigenvalue weighted by Crippen LogP contribution is 2.42. The van der Waals surface area contributed by atoms with Crippen molar-refractivity contribution in [3.63, 3.8) is 0 Å². The number of nitrogens with two attached hydrogens (primary N) is 1. The summed E-state index contributed by atoms with van der Waals surface area (Å²) in [5.74, 6) is -0.977. The van der Waals surface area contributed by atoms with Crippen molar-refractivity contribution in [3.05, 3.63) is 11.3 Å². The Morgan fingerprint density at radius 2 is 2.43 bits per heavy atom. The van der Waals surface area contributed by atoms with E-state index in [1.54, 1.807) is 0 Å². The Labute approximate surface area is 127 Å². The van der Waals surface area contributed by atoms with Gasteiger partial charge in [0, 0.05) is 11.0 Å². The van der Waals surface area contributed by atoms with E-state index in [9.17, 15) is 14.7 Å². The number of hydrogen-bond acceptors (Lipinski definition) is 8. The van der Waals surface area contributed by atoms with Gasteiger partial charge >= 0.3 is 5.97 Å². The van der Waals surface area contributed by atoms with Gasteiger partial charge in [0.1, 0.15) is 17.1 Å². The van der Waals surface area contributed by atoms with Crippen molar-refractivity contribution in [3.8, 4) is 0 Å². The van der Waals surface area contributed by atoms with Crippen molar-refractivity contribution in [1.82, 2.24) is 25.5 Å². The summed E-state index contributed by atoms with van der Waals surface area (Å²) >= 11 is 2.72. The van der Waals surface area contributed by atoms with Crippen LogP contribution in [0.5, 0.6) is 0 Å². The first-order chi connectivity index (χ1) is 10.0. The van der Waals surface area contributed by atoms with Crippen molar-refractivity contribution < 1.29 is 14.7 Å². The van der Waals surface area contributed by atoms with E-state index in [1.807, 2.05) is 6.92 Å². The Morgan fingerprint density at radius 1 is 1.67 bits per heavy atom. The van der Waals surface area contributed by atoms with E-state index in [0.717, 1.165) is 0 Å². The molecule has 0 aromatic carbocycles. The Kier molecular flexibility index (Phi) is 3.63. The lowest BCUT2D eigenvalue weighted by Crippen LogP contribution is -2.68. The molecule has 1 saturated heterocycles. The molecular formula is C10H11N6O3S2-. The summed E-state index contributed by atoms with van der Waals surface area (Å²) in [5, 5.41) is 23.5. The largest absolute Gasteiger partial charge is 0.477 e. The number of β-lactam (4-membered cyclic amide) rings is 1. The van der Waals surface area contributed by atoms with Crippen LogP contribution in [0.3, 0.4) is 0 Å². The van der Waals surface area contributed by atoms with E-state index in [1.165, 1.54) is 28.4 Å². The van der Waals surface area contributed by atoms with Crippen LogP contribution in [0.2, 0.25) is 0 Å². The van der Waals surface area contributed by atoms with Gasteiger partial charge in [-0.2, -0.15) is 5.21 Å². The number of carboxylic acid groups (broad SMARTS) is 1. The molecule has 3 N–H and O–H groups in total. The molecule has 0 spiro atoms. The summed E-state index contributed by atoms with van der Waals surface area (Å²) in [4.78, 5) is 24.7. The summed E-state index contributed by atoms with van der Waals surface area (Å²) in [6, 6.07) is -0.624. The molecule has 0 aliphatic carbocycles. The van der Waals surface area contributed by atoms with Gasteiger partial charge in [-0.05, 0) is 12.5 Å². The zero-order valence-corrected chi connectivity index (χ0v) is 12.5. The predicted octanol–water partition coefficient (Wildman–Crippen LogP) is -1.11. The van der Waals surface area contributed by atoms with Crippen LogP contribution < -0.4 is 10.8 Å². The first kappa shape index (κ1) is 14.4. The van der Waals surface area contributed by atoms with E-state index in [0.29, 0.717) is 16.5 Å². The third-order valence-corrected chi connectivity index (χ3v) is 5.65. The molecule has 3 atom stereocenters. The second-order valence-corrected chi connectivity index (χ2v) is 6.95. The Bertz CT molecular complexity index is 618. The number of thioether (sulfide) groups is 2. The molecule has 0 saturated carbocycles. The minimum atomic E-state index is -1.12. The van der Waals surface area contributed by atoms with Crippen LogP contribution in [0, 0.1) is 0 Å². The number of carboxylic acids is 1. The molecular weight excluding hydrogens is 316 g/mol. The minimum Gasteiger partial charge on any atom is -0.477 e. The molecule has 2 aliphatic rings. The number of carbonyl (C=O) groups is 2. The van der Waals surface area contributed by atoms with Gasteiger partial charge in [0.25, 0.3) is 0 Å². The van der Waals surface area contributed by atoms with Crippen molar-refractivity contribution in [1.29, 1.82) is 0 Å². The third kappa shape index (κ3) is 2.30. The summed E-state index contributed by atoms with van der Waals surface area (Å²) in [7, 11) is 0. The molecule has 0 radical (unpaired) electrons. The Hall–Kier alpha value is -1.59. The molecule has 0 bridgehead atoms. The number of tetrazole rings is 1. The maximum Gasteiger partial charge on any atom is 0.352 e. The van der Waals surface area contributed by atoms with Crippen LogP contribution in [-0.4, -0.2) is 59.8 Å². The molecule has 1 amide bonds. The van der Waals surface area contributed by atoms with Crippen molar-refractivity contribution >= 4 is 35.4 Å². The summed E-state index contributed by atoms with van der Waals surface area (Å²) in [5.41, 5.74) is 6.38. The molecule has 3 heterocycles. The van der Waals surface area contributed by atoms with E-state index in [4.69, 9.17) is 5.73 Å². The average molecular weight is 327 g/mol. The van der Waals surface area contributed by atoms with Gasteiger partial charge < -0.3 is 15.9 Å². The number of nitrogens with zero attached hydrogens (tertiary/aromatic N) is 5. The average Bonchev–Trinajstić information content (AvgIpc) is 2.97. The minimum absolute atomic E-state index is 0.0259. The fraction of sp³-hybridized carbons (Fsp3) is 0.500. The van der Waals surface area contributed by atoms with Gasteiger partial charge in [0.2, 0.25) is 5.91 Å². The van der Waals surface area contributed by atoms with Crippen LogP contribution in [0.15, 0.2) is 16.4 Å². The zero-order chi connectivity index (χ0) is 15.1. The lowest BCUT2D eigenvalue weighted by molar-refractivity contribution is -0.148. The molecule has 11 heteroatoms. The Morgan fingerprint density at radius 3 is 3.05 bits per heavy atom. The number of rotatable bonds is 4. The maximum absolute atomic E-state index is 11.8. The van der Waals surface area contributed by atoms with Gasteiger partial charge in [-0.3, -0.25) is 20.0 Å². The smallest absolute Gasteiger partial charge is 0.352 e. The zero-order valence-electron chi connectivity index (χ0n) is 10.8. The quantitative estimate of drug-likeness (QED) is 0.517. The predicted molar refractivity (Wildman–Crippen MR) is 74.2 cm³/mol. The summed E-state index contributed by atoms with van der Waals surface area (Å²) in [6.45, 7) is 1.84. The molecule has 9 nitrogen and oxygen atoms in total. The van der Waals surface area contributed by atoms with E-state index in [-0.39, 0.29) is 22.2 Å². The molecule has 112 valence electrons. The molecule has 0 unspecified atom stereocenters. The highest BCUT2D eigenvalue weighted by molar-refractivity contribution is 8.01. The molecule has 21 heavy (non-hydrogen) atoms. The van der Waals surface area contributed by atoms with Crippen molar-refractivity contribution in [2.45, 2.75) is 28.7 Å². The van der Waals surface area contributed by atoms with E-state index < -0.39 is 12.0 Å². The third-order valence-electron chi connectivity index (χ3n) is 3.31. The first-order valence-corrected chi connectivity index (χ1v) is 7.95. The summed E-state index contributed by atoms with van der Waals surface area (Å²) < 4.78 is 0. The maximum atomic E-state index is 11.8. The fourth-order valence-corrected chi connectivity index (χ4v) is 4.61. The summed E-state index contributed by atoms with van der Waals surface area (Å²) in [6.07, 6.45) is 0. The van der Waals surface area contributed by atoms with Gasteiger partial charge in [0.15, 0.2) is 0 Å². The second kappa shape index (κ2) is 5.31. The normalized spacial score (nSPS) is 26.4. The van der Waals surface area contributed by atoms with Crippen LogP contribution in [0.4, 0.5) is 0 Å². The van der Waals surface area contributed by atoms with Crippen molar-refractivity contribution in [2.24, 2.45) is 5.73 Å².